The van der Waals surface area contributed by atoms with Gasteiger partial charge in [-0.2, -0.15) is 0 Å². The molecule has 0 spiro atoms. The third-order valence-corrected chi connectivity index (χ3v) is 3.11. The standard InChI is InChI=1S/C14H13BrO2/c1-9(15)14(16)12-4-3-11-8-13(17-2)6-5-10(11)7-12/h3-9H,1-2H3/t9-/m1/s1. The van der Waals surface area contributed by atoms with Gasteiger partial charge in [-0.3, -0.25) is 4.79 Å². The lowest BCUT2D eigenvalue weighted by Crippen LogP contribution is -2.09. The van der Waals surface area contributed by atoms with Gasteiger partial charge in [-0.1, -0.05) is 34.1 Å². The highest BCUT2D eigenvalue weighted by atomic mass is 79.9. The normalized spacial score (nSPS) is 12.4. The van der Waals surface area contributed by atoms with E-state index in [9.17, 15) is 4.79 Å². The van der Waals surface area contributed by atoms with Gasteiger partial charge in [-0.15, -0.1) is 0 Å². The van der Waals surface area contributed by atoms with E-state index in [0.717, 1.165) is 22.1 Å². The second kappa shape index (κ2) is 4.88. The van der Waals surface area contributed by atoms with Crippen LogP contribution in [-0.2, 0) is 0 Å². The molecule has 0 bridgehead atoms. The minimum Gasteiger partial charge on any atom is -0.497 e. The van der Waals surface area contributed by atoms with Crippen LogP contribution in [0.5, 0.6) is 5.75 Å². The number of ether oxygens (including phenoxy) is 1. The van der Waals surface area contributed by atoms with Crippen molar-refractivity contribution in [2.45, 2.75) is 11.8 Å². The Bertz CT molecular complexity index is 561. The van der Waals surface area contributed by atoms with Crippen molar-refractivity contribution >= 4 is 32.5 Å². The summed E-state index contributed by atoms with van der Waals surface area (Å²) < 4.78 is 5.16. The summed E-state index contributed by atoms with van der Waals surface area (Å²) in [6.45, 7) is 1.83. The Hall–Kier alpha value is -1.35. The lowest BCUT2D eigenvalue weighted by molar-refractivity contribution is 0.0996. The number of carbonyl (C=O) groups excluding carboxylic acids is 1. The van der Waals surface area contributed by atoms with Gasteiger partial charge in [0, 0.05) is 5.56 Å². The van der Waals surface area contributed by atoms with Crippen LogP contribution in [0.3, 0.4) is 0 Å². The average Bonchev–Trinajstić information content (AvgIpc) is 2.36. The van der Waals surface area contributed by atoms with Crippen LogP contribution in [0.4, 0.5) is 0 Å². The van der Waals surface area contributed by atoms with E-state index in [2.05, 4.69) is 15.9 Å². The number of rotatable bonds is 3. The first-order chi connectivity index (χ1) is 8.11. The van der Waals surface area contributed by atoms with Crippen LogP contribution in [0.25, 0.3) is 10.8 Å². The van der Waals surface area contributed by atoms with Gasteiger partial charge in [0.15, 0.2) is 5.78 Å². The van der Waals surface area contributed by atoms with Crippen LogP contribution in [0.1, 0.15) is 17.3 Å². The maximum atomic E-state index is 11.8. The zero-order valence-electron chi connectivity index (χ0n) is 9.74. The van der Waals surface area contributed by atoms with Gasteiger partial charge in [0.25, 0.3) is 0 Å². The quantitative estimate of drug-likeness (QED) is 0.635. The van der Waals surface area contributed by atoms with Crippen molar-refractivity contribution in [3.8, 4) is 5.75 Å². The summed E-state index contributed by atoms with van der Waals surface area (Å²) in [6, 6.07) is 11.5. The van der Waals surface area contributed by atoms with E-state index in [1.165, 1.54) is 0 Å². The van der Waals surface area contributed by atoms with Crippen molar-refractivity contribution in [3.63, 3.8) is 0 Å². The van der Waals surface area contributed by atoms with Crippen molar-refractivity contribution in [2.24, 2.45) is 0 Å². The molecular weight excluding hydrogens is 280 g/mol. The molecule has 0 N–H and O–H groups in total. The van der Waals surface area contributed by atoms with E-state index >= 15 is 0 Å². The van der Waals surface area contributed by atoms with Crippen molar-refractivity contribution in [3.05, 3.63) is 42.0 Å². The molecule has 2 aromatic carbocycles. The van der Waals surface area contributed by atoms with Crippen molar-refractivity contribution in [2.75, 3.05) is 7.11 Å². The molecule has 0 aliphatic heterocycles. The summed E-state index contributed by atoms with van der Waals surface area (Å²) in [5.74, 6) is 0.924. The van der Waals surface area contributed by atoms with Crippen LogP contribution >= 0.6 is 15.9 Å². The van der Waals surface area contributed by atoms with Gasteiger partial charge >= 0.3 is 0 Å². The molecule has 0 heterocycles. The Labute approximate surface area is 109 Å². The number of benzene rings is 2. The van der Waals surface area contributed by atoms with E-state index in [1.54, 1.807) is 7.11 Å². The number of fused-ring (bicyclic) bond motifs is 1. The summed E-state index contributed by atoms with van der Waals surface area (Å²) >= 11 is 3.29. The van der Waals surface area contributed by atoms with E-state index in [0.29, 0.717) is 0 Å². The zero-order valence-corrected chi connectivity index (χ0v) is 11.3. The number of methoxy groups -OCH3 is 1. The lowest BCUT2D eigenvalue weighted by Gasteiger charge is -2.06. The van der Waals surface area contributed by atoms with E-state index < -0.39 is 0 Å². The summed E-state index contributed by atoms with van der Waals surface area (Å²) in [6.07, 6.45) is 0. The smallest absolute Gasteiger partial charge is 0.176 e. The fourth-order valence-corrected chi connectivity index (χ4v) is 2.00. The zero-order chi connectivity index (χ0) is 12.4. The van der Waals surface area contributed by atoms with Crippen LogP contribution in [-0.4, -0.2) is 17.7 Å². The Morgan fingerprint density at radius 1 is 1.18 bits per heavy atom. The molecule has 2 aromatic rings. The molecule has 88 valence electrons. The predicted molar refractivity (Wildman–Crippen MR) is 73.2 cm³/mol. The highest BCUT2D eigenvalue weighted by molar-refractivity contribution is 9.10. The predicted octanol–water partition coefficient (Wildman–Crippen LogP) is 3.81. The van der Waals surface area contributed by atoms with Gasteiger partial charge < -0.3 is 4.74 Å². The minimum atomic E-state index is -0.154. The topological polar surface area (TPSA) is 26.3 Å². The Balaban J connectivity index is 2.48. The van der Waals surface area contributed by atoms with Gasteiger partial charge in [-0.25, -0.2) is 0 Å². The molecule has 0 saturated carbocycles. The fourth-order valence-electron chi connectivity index (χ4n) is 1.73. The van der Waals surface area contributed by atoms with Gasteiger partial charge in [0.05, 0.1) is 11.9 Å². The lowest BCUT2D eigenvalue weighted by atomic mass is 10.0. The van der Waals surface area contributed by atoms with Crippen molar-refractivity contribution < 1.29 is 9.53 Å². The maximum absolute atomic E-state index is 11.8. The fraction of sp³-hybridized carbons (Fsp3) is 0.214. The van der Waals surface area contributed by atoms with Crippen LogP contribution < -0.4 is 4.74 Å². The first-order valence-corrected chi connectivity index (χ1v) is 6.29. The molecule has 0 aliphatic rings. The molecule has 0 saturated heterocycles. The Morgan fingerprint density at radius 3 is 2.47 bits per heavy atom. The molecule has 0 unspecified atom stereocenters. The molecular formula is C14H13BrO2. The molecule has 0 amide bonds. The van der Waals surface area contributed by atoms with E-state index in [4.69, 9.17) is 4.74 Å². The molecule has 1 atom stereocenters. The Kier molecular flexibility index (Phi) is 3.48. The minimum absolute atomic E-state index is 0.0997. The number of hydrogen-bond donors (Lipinski definition) is 0. The summed E-state index contributed by atoms with van der Waals surface area (Å²) in [5, 5.41) is 2.12. The largest absolute Gasteiger partial charge is 0.497 e. The van der Waals surface area contributed by atoms with E-state index in [-0.39, 0.29) is 10.6 Å². The number of hydrogen-bond acceptors (Lipinski definition) is 2. The van der Waals surface area contributed by atoms with Crippen LogP contribution in [0.2, 0.25) is 0 Å². The van der Waals surface area contributed by atoms with Crippen molar-refractivity contribution in [1.29, 1.82) is 0 Å². The number of Topliss-reactive ketones (excluding diaryl/α,β-unsaturated/α-hetero) is 1. The first-order valence-electron chi connectivity index (χ1n) is 5.38. The number of carbonyl (C=O) groups is 1. The number of alkyl halides is 1. The van der Waals surface area contributed by atoms with Crippen LogP contribution in [0, 0.1) is 0 Å². The third-order valence-electron chi connectivity index (χ3n) is 2.69. The average molecular weight is 293 g/mol. The molecule has 2 rings (SSSR count). The van der Waals surface area contributed by atoms with Gasteiger partial charge in [-0.05, 0) is 35.9 Å². The van der Waals surface area contributed by atoms with Crippen molar-refractivity contribution in [1.82, 2.24) is 0 Å². The molecule has 2 nitrogen and oxygen atoms in total. The maximum Gasteiger partial charge on any atom is 0.176 e. The monoisotopic (exact) mass is 292 g/mol. The highest BCUT2D eigenvalue weighted by Crippen LogP contribution is 2.23. The first kappa shape index (κ1) is 12.1. The second-order valence-electron chi connectivity index (χ2n) is 3.91. The Morgan fingerprint density at radius 2 is 1.82 bits per heavy atom. The second-order valence-corrected chi connectivity index (χ2v) is 5.28. The summed E-state index contributed by atoms with van der Waals surface area (Å²) in [7, 11) is 1.64. The molecule has 0 fully saturated rings. The highest BCUT2D eigenvalue weighted by Gasteiger charge is 2.12. The van der Waals surface area contributed by atoms with Gasteiger partial charge in [0.2, 0.25) is 0 Å². The molecule has 0 aromatic heterocycles. The summed E-state index contributed by atoms with van der Waals surface area (Å²) in [5.41, 5.74) is 0.729. The molecule has 0 aliphatic carbocycles. The van der Waals surface area contributed by atoms with Gasteiger partial charge in [0.1, 0.15) is 5.75 Å². The van der Waals surface area contributed by atoms with E-state index in [1.807, 2.05) is 43.3 Å². The number of halogens is 1. The molecule has 0 radical (unpaired) electrons. The number of ketones is 1. The SMILES string of the molecule is COc1ccc2cc(C(=O)[C@@H](C)Br)ccc2c1. The summed E-state index contributed by atoms with van der Waals surface area (Å²) in [4.78, 5) is 11.7. The third kappa shape index (κ3) is 2.50. The molecule has 3 heteroatoms. The molecule has 17 heavy (non-hydrogen) atoms. The van der Waals surface area contributed by atoms with Crippen LogP contribution in [0.15, 0.2) is 36.4 Å².